The van der Waals surface area contributed by atoms with Gasteiger partial charge in [-0.25, -0.2) is 0 Å². The molecule has 19 heavy (non-hydrogen) atoms. The van der Waals surface area contributed by atoms with Crippen molar-refractivity contribution in [2.45, 2.75) is 31.2 Å². The molecule has 98 valence electrons. The van der Waals surface area contributed by atoms with Crippen molar-refractivity contribution >= 4 is 0 Å². The molecule has 4 unspecified atom stereocenters. The zero-order valence-corrected chi connectivity index (χ0v) is 11.2. The number of aromatic nitrogens is 1. The fraction of sp³-hybridized carbons (Fsp3) is 0.353. The number of pyridine rings is 1. The number of hydrogen-bond donors (Lipinski definition) is 1. The molecule has 0 bridgehead atoms. The van der Waals surface area contributed by atoms with Crippen LogP contribution >= 0.6 is 0 Å². The molecule has 2 heteroatoms. The molecule has 0 spiro atoms. The quantitative estimate of drug-likeness (QED) is 0.906. The minimum absolute atomic E-state index is 0.229. The second-order valence-electron chi connectivity index (χ2n) is 5.56. The van der Waals surface area contributed by atoms with Gasteiger partial charge in [-0.2, -0.15) is 0 Å². The van der Waals surface area contributed by atoms with Crippen molar-refractivity contribution in [3.8, 4) is 0 Å². The summed E-state index contributed by atoms with van der Waals surface area (Å²) in [6, 6.07) is 15.1. The van der Waals surface area contributed by atoms with Gasteiger partial charge in [0.15, 0.2) is 0 Å². The van der Waals surface area contributed by atoms with Crippen LogP contribution in [0.4, 0.5) is 0 Å². The first kappa shape index (κ1) is 12.4. The van der Waals surface area contributed by atoms with Crippen LogP contribution in [0.25, 0.3) is 0 Å². The van der Waals surface area contributed by atoms with Gasteiger partial charge < -0.3 is 5.73 Å². The molecular formula is C17H20N2. The van der Waals surface area contributed by atoms with Gasteiger partial charge in [0.05, 0.1) is 0 Å². The van der Waals surface area contributed by atoms with Crippen molar-refractivity contribution in [2.24, 2.45) is 11.7 Å². The average Bonchev–Trinajstić information content (AvgIpc) is 3.28. The van der Waals surface area contributed by atoms with Gasteiger partial charge in [-0.3, -0.25) is 4.98 Å². The van der Waals surface area contributed by atoms with Gasteiger partial charge >= 0.3 is 0 Å². The standard InChI is InChI=1S/C17H20N2/c1-12(13-7-9-19-10-8-13)17(18)16-11-15(16)14-5-3-2-4-6-14/h2-10,12,15-17H,11,18H2,1H3. The third-order valence-electron chi connectivity index (χ3n) is 4.37. The largest absolute Gasteiger partial charge is 0.327 e. The van der Waals surface area contributed by atoms with Gasteiger partial charge in [-0.15, -0.1) is 0 Å². The van der Waals surface area contributed by atoms with E-state index in [1.54, 1.807) is 0 Å². The SMILES string of the molecule is CC(c1ccncc1)C(N)C1CC1c1ccccc1. The van der Waals surface area contributed by atoms with Gasteiger partial charge in [0.25, 0.3) is 0 Å². The number of benzene rings is 1. The lowest BCUT2D eigenvalue weighted by molar-refractivity contribution is 0.500. The maximum absolute atomic E-state index is 6.46. The van der Waals surface area contributed by atoms with Crippen LogP contribution in [0.15, 0.2) is 54.9 Å². The van der Waals surface area contributed by atoms with Crippen LogP contribution in [0.1, 0.15) is 36.3 Å². The Morgan fingerprint density at radius 2 is 1.79 bits per heavy atom. The average molecular weight is 252 g/mol. The van der Waals surface area contributed by atoms with Crippen molar-refractivity contribution in [1.29, 1.82) is 0 Å². The second-order valence-corrected chi connectivity index (χ2v) is 5.56. The van der Waals surface area contributed by atoms with Crippen LogP contribution < -0.4 is 5.73 Å². The van der Waals surface area contributed by atoms with Crippen LogP contribution in [0, 0.1) is 5.92 Å². The van der Waals surface area contributed by atoms with Gasteiger partial charge in [0.1, 0.15) is 0 Å². The topological polar surface area (TPSA) is 38.9 Å². The molecule has 1 heterocycles. The Morgan fingerprint density at radius 3 is 2.47 bits per heavy atom. The number of rotatable bonds is 4. The Kier molecular flexibility index (Phi) is 3.34. The zero-order chi connectivity index (χ0) is 13.2. The summed E-state index contributed by atoms with van der Waals surface area (Å²) in [5.41, 5.74) is 9.19. The van der Waals surface area contributed by atoms with E-state index in [9.17, 15) is 0 Å². The Labute approximate surface area is 114 Å². The molecule has 0 amide bonds. The zero-order valence-electron chi connectivity index (χ0n) is 11.2. The van der Waals surface area contributed by atoms with Crippen molar-refractivity contribution in [3.05, 3.63) is 66.0 Å². The molecule has 1 aliphatic rings. The summed E-state index contributed by atoms with van der Waals surface area (Å²) >= 11 is 0. The minimum Gasteiger partial charge on any atom is -0.327 e. The Bertz CT molecular complexity index is 523. The van der Waals surface area contributed by atoms with E-state index in [-0.39, 0.29) is 6.04 Å². The predicted molar refractivity (Wildman–Crippen MR) is 77.9 cm³/mol. The molecule has 0 radical (unpaired) electrons. The summed E-state index contributed by atoms with van der Waals surface area (Å²) in [4.78, 5) is 4.07. The summed E-state index contributed by atoms with van der Waals surface area (Å²) in [5, 5.41) is 0. The minimum atomic E-state index is 0.229. The first-order valence-electron chi connectivity index (χ1n) is 6.98. The molecule has 1 aromatic heterocycles. The molecule has 4 atom stereocenters. The van der Waals surface area contributed by atoms with Gasteiger partial charge in [0.2, 0.25) is 0 Å². The lowest BCUT2D eigenvalue weighted by Gasteiger charge is -2.20. The van der Waals surface area contributed by atoms with E-state index < -0.39 is 0 Å². The molecule has 0 aliphatic heterocycles. The molecule has 2 nitrogen and oxygen atoms in total. The van der Waals surface area contributed by atoms with Gasteiger partial charge in [-0.1, -0.05) is 37.3 Å². The summed E-state index contributed by atoms with van der Waals surface area (Å²) < 4.78 is 0. The molecule has 2 aromatic rings. The van der Waals surface area contributed by atoms with Gasteiger partial charge in [0, 0.05) is 18.4 Å². The van der Waals surface area contributed by atoms with E-state index in [1.165, 1.54) is 17.5 Å². The van der Waals surface area contributed by atoms with Crippen molar-refractivity contribution in [2.75, 3.05) is 0 Å². The normalized spacial score (nSPS) is 24.7. The molecule has 1 fully saturated rings. The molecular weight excluding hydrogens is 232 g/mol. The molecule has 1 aromatic carbocycles. The van der Waals surface area contributed by atoms with E-state index in [1.807, 2.05) is 12.4 Å². The Hall–Kier alpha value is -1.67. The van der Waals surface area contributed by atoms with E-state index in [4.69, 9.17) is 5.73 Å². The summed E-state index contributed by atoms with van der Waals surface area (Å²) in [6.45, 7) is 2.22. The fourth-order valence-electron chi connectivity index (χ4n) is 2.98. The first-order valence-corrected chi connectivity index (χ1v) is 6.98. The second kappa shape index (κ2) is 5.14. The highest BCUT2D eigenvalue weighted by Gasteiger charge is 2.44. The lowest BCUT2D eigenvalue weighted by Crippen LogP contribution is -2.29. The van der Waals surface area contributed by atoms with Crippen molar-refractivity contribution < 1.29 is 0 Å². The monoisotopic (exact) mass is 252 g/mol. The highest BCUT2D eigenvalue weighted by molar-refractivity contribution is 5.28. The highest BCUT2D eigenvalue weighted by Crippen LogP contribution is 2.51. The third-order valence-corrected chi connectivity index (χ3v) is 4.37. The van der Waals surface area contributed by atoms with Crippen molar-refractivity contribution in [3.63, 3.8) is 0 Å². The molecule has 2 N–H and O–H groups in total. The van der Waals surface area contributed by atoms with E-state index >= 15 is 0 Å². The lowest BCUT2D eigenvalue weighted by atomic mass is 9.90. The Morgan fingerprint density at radius 1 is 1.11 bits per heavy atom. The molecule has 0 saturated heterocycles. The van der Waals surface area contributed by atoms with Crippen LogP contribution in [0.5, 0.6) is 0 Å². The van der Waals surface area contributed by atoms with Gasteiger partial charge in [-0.05, 0) is 47.4 Å². The number of nitrogens with zero attached hydrogens (tertiary/aromatic N) is 1. The maximum atomic E-state index is 6.46. The van der Waals surface area contributed by atoms with E-state index in [2.05, 4.69) is 54.4 Å². The summed E-state index contributed by atoms with van der Waals surface area (Å²) in [5.74, 6) is 1.66. The molecule has 1 aliphatic carbocycles. The smallest absolute Gasteiger partial charge is 0.0270 e. The number of hydrogen-bond acceptors (Lipinski definition) is 2. The first-order chi connectivity index (χ1) is 9.27. The fourth-order valence-corrected chi connectivity index (χ4v) is 2.98. The number of nitrogens with two attached hydrogens (primary N) is 1. The van der Waals surface area contributed by atoms with Crippen LogP contribution in [-0.4, -0.2) is 11.0 Å². The molecule has 3 rings (SSSR count). The summed E-state index contributed by atoms with van der Waals surface area (Å²) in [6.07, 6.45) is 4.92. The Balaban J connectivity index is 1.68. The molecule has 1 saturated carbocycles. The van der Waals surface area contributed by atoms with Crippen molar-refractivity contribution in [1.82, 2.24) is 4.98 Å². The van der Waals surface area contributed by atoms with E-state index in [0.29, 0.717) is 17.8 Å². The van der Waals surface area contributed by atoms with Crippen LogP contribution in [0.3, 0.4) is 0 Å². The van der Waals surface area contributed by atoms with Crippen LogP contribution in [-0.2, 0) is 0 Å². The maximum Gasteiger partial charge on any atom is 0.0270 e. The summed E-state index contributed by atoms with van der Waals surface area (Å²) in [7, 11) is 0. The highest BCUT2D eigenvalue weighted by atomic mass is 14.7. The predicted octanol–water partition coefficient (Wildman–Crippen LogP) is 3.32. The van der Waals surface area contributed by atoms with Crippen LogP contribution in [0.2, 0.25) is 0 Å². The third kappa shape index (κ3) is 2.54. The van der Waals surface area contributed by atoms with E-state index in [0.717, 1.165) is 0 Å².